The van der Waals surface area contributed by atoms with E-state index < -0.39 is 36.5 Å². The van der Waals surface area contributed by atoms with E-state index in [-0.39, 0.29) is 12.5 Å². The SMILES string of the molecule is C[C@]1(C(=O)O)CC(F)(F)CN1C(=O)OCC1c2ccccc2-c2ccccc21. The zero-order valence-electron chi connectivity index (χ0n) is 15.2. The molecule has 1 amide bonds. The molecule has 0 bridgehead atoms. The van der Waals surface area contributed by atoms with Crippen LogP contribution in [0.25, 0.3) is 11.1 Å². The molecule has 1 aliphatic carbocycles. The summed E-state index contributed by atoms with van der Waals surface area (Å²) in [5, 5.41) is 9.38. The number of alkyl halides is 2. The van der Waals surface area contributed by atoms with E-state index in [4.69, 9.17) is 4.74 Å². The van der Waals surface area contributed by atoms with Crippen molar-refractivity contribution in [2.75, 3.05) is 13.2 Å². The van der Waals surface area contributed by atoms with Gasteiger partial charge in [0, 0.05) is 12.3 Å². The Morgan fingerprint density at radius 1 is 1.11 bits per heavy atom. The van der Waals surface area contributed by atoms with E-state index in [0.717, 1.165) is 29.2 Å². The molecule has 1 saturated heterocycles. The standard InChI is InChI=1S/C21H19F2NO4/c1-20(18(25)26)11-21(22,23)12-24(20)19(27)28-10-17-15-8-4-2-6-13(15)14-7-3-5-9-16(14)17/h2-9,17H,10-12H2,1H3,(H,25,26)/t20-/m1/s1. The molecule has 2 aromatic rings. The molecule has 28 heavy (non-hydrogen) atoms. The van der Waals surface area contributed by atoms with Crippen LogP contribution in [0.5, 0.6) is 0 Å². The van der Waals surface area contributed by atoms with E-state index in [9.17, 15) is 23.5 Å². The Balaban J connectivity index is 1.57. The van der Waals surface area contributed by atoms with Crippen LogP contribution in [0.2, 0.25) is 0 Å². The van der Waals surface area contributed by atoms with Gasteiger partial charge in [-0.3, -0.25) is 4.90 Å². The number of halogens is 2. The number of ether oxygens (including phenoxy) is 1. The number of benzene rings is 2. The van der Waals surface area contributed by atoms with Gasteiger partial charge in [0.05, 0.1) is 6.54 Å². The largest absolute Gasteiger partial charge is 0.480 e. The van der Waals surface area contributed by atoms with Crippen molar-refractivity contribution in [1.29, 1.82) is 0 Å². The molecular formula is C21H19F2NO4. The molecule has 4 rings (SSSR count). The van der Waals surface area contributed by atoms with Crippen molar-refractivity contribution >= 4 is 12.1 Å². The number of carbonyl (C=O) groups is 2. The van der Waals surface area contributed by atoms with Gasteiger partial charge in [0.2, 0.25) is 0 Å². The predicted molar refractivity (Wildman–Crippen MR) is 97.4 cm³/mol. The molecule has 1 N–H and O–H groups in total. The molecule has 0 spiro atoms. The lowest BCUT2D eigenvalue weighted by atomic mass is 9.98. The van der Waals surface area contributed by atoms with Crippen molar-refractivity contribution in [3.05, 3.63) is 59.7 Å². The van der Waals surface area contributed by atoms with E-state index >= 15 is 0 Å². The number of rotatable bonds is 3. The summed E-state index contributed by atoms with van der Waals surface area (Å²) in [6.07, 6.45) is -1.97. The average Bonchev–Trinajstić information content (AvgIpc) is 3.11. The van der Waals surface area contributed by atoms with Gasteiger partial charge in [-0.1, -0.05) is 48.5 Å². The lowest BCUT2D eigenvalue weighted by Crippen LogP contribution is -2.51. The number of carbonyl (C=O) groups excluding carboxylic acids is 1. The van der Waals surface area contributed by atoms with Gasteiger partial charge in [0.15, 0.2) is 0 Å². The minimum absolute atomic E-state index is 0.0510. The third-order valence-corrected chi connectivity index (χ3v) is 5.61. The van der Waals surface area contributed by atoms with Crippen LogP contribution in [0.15, 0.2) is 48.5 Å². The van der Waals surface area contributed by atoms with Gasteiger partial charge in [-0.15, -0.1) is 0 Å². The van der Waals surface area contributed by atoms with Gasteiger partial charge in [-0.05, 0) is 29.2 Å². The summed E-state index contributed by atoms with van der Waals surface area (Å²) < 4.78 is 33.0. The van der Waals surface area contributed by atoms with Gasteiger partial charge in [0.1, 0.15) is 12.1 Å². The first-order chi connectivity index (χ1) is 13.2. The fraction of sp³-hybridized carbons (Fsp3) is 0.333. The Hall–Kier alpha value is -2.96. The van der Waals surface area contributed by atoms with Gasteiger partial charge in [0.25, 0.3) is 5.92 Å². The normalized spacial score (nSPS) is 22.6. The molecule has 1 fully saturated rings. The van der Waals surface area contributed by atoms with E-state index in [0.29, 0.717) is 4.90 Å². The minimum Gasteiger partial charge on any atom is -0.480 e. The van der Waals surface area contributed by atoms with Crippen LogP contribution in [0.3, 0.4) is 0 Å². The van der Waals surface area contributed by atoms with Crippen LogP contribution in [-0.2, 0) is 9.53 Å². The molecule has 2 aromatic carbocycles. The van der Waals surface area contributed by atoms with Crippen molar-refractivity contribution in [2.24, 2.45) is 0 Å². The maximum Gasteiger partial charge on any atom is 0.410 e. The lowest BCUT2D eigenvalue weighted by Gasteiger charge is -2.29. The smallest absolute Gasteiger partial charge is 0.410 e. The Labute approximate surface area is 160 Å². The fourth-order valence-electron chi connectivity index (χ4n) is 4.19. The van der Waals surface area contributed by atoms with Crippen LogP contribution in [-0.4, -0.2) is 46.7 Å². The topological polar surface area (TPSA) is 66.8 Å². The zero-order chi connectivity index (χ0) is 20.1. The second-order valence-electron chi connectivity index (χ2n) is 7.50. The van der Waals surface area contributed by atoms with Gasteiger partial charge in [-0.2, -0.15) is 0 Å². The molecule has 146 valence electrons. The van der Waals surface area contributed by atoms with Crippen molar-refractivity contribution < 1.29 is 28.2 Å². The maximum absolute atomic E-state index is 13.8. The quantitative estimate of drug-likeness (QED) is 0.860. The van der Waals surface area contributed by atoms with Gasteiger partial charge >= 0.3 is 12.1 Å². The number of amides is 1. The van der Waals surface area contributed by atoms with Crippen LogP contribution in [0.1, 0.15) is 30.4 Å². The average molecular weight is 387 g/mol. The lowest BCUT2D eigenvalue weighted by molar-refractivity contribution is -0.148. The molecule has 1 aliphatic heterocycles. The summed E-state index contributed by atoms with van der Waals surface area (Å²) in [5.41, 5.74) is 2.07. The highest BCUT2D eigenvalue weighted by Crippen LogP contribution is 2.45. The number of hydrogen-bond donors (Lipinski definition) is 1. The maximum atomic E-state index is 13.8. The van der Waals surface area contributed by atoms with Crippen LogP contribution < -0.4 is 0 Å². The van der Waals surface area contributed by atoms with Crippen LogP contribution >= 0.6 is 0 Å². The highest BCUT2D eigenvalue weighted by atomic mass is 19.3. The monoisotopic (exact) mass is 387 g/mol. The summed E-state index contributed by atoms with van der Waals surface area (Å²) in [6, 6.07) is 15.5. The van der Waals surface area contributed by atoms with Crippen molar-refractivity contribution in [3.8, 4) is 11.1 Å². The predicted octanol–water partition coefficient (Wildman–Crippen LogP) is 4.12. The number of nitrogens with zero attached hydrogens (tertiary/aromatic N) is 1. The van der Waals surface area contributed by atoms with Gasteiger partial charge < -0.3 is 9.84 Å². The van der Waals surface area contributed by atoms with E-state index in [1.54, 1.807) is 0 Å². The summed E-state index contributed by atoms with van der Waals surface area (Å²) >= 11 is 0. The number of carboxylic acid groups (broad SMARTS) is 1. The Bertz CT molecular complexity index is 915. The zero-order valence-corrected chi connectivity index (χ0v) is 15.2. The first-order valence-corrected chi connectivity index (χ1v) is 8.97. The van der Waals surface area contributed by atoms with E-state index in [1.165, 1.54) is 0 Å². The number of hydrogen-bond acceptors (Lipinski definition) is 3. The fourth-order valence-corrected chi connectivity index (χ4v) is 4.19. The number of fused-ring (bicyclic) bond motifs is 3. The first kappa shape index (κ1) is 18.4. The first-order valence-electron chi connectivity index (χ1n) is 8.97. The third-order valence-electron chi connectivity index (χ3n) is 5.61. The van der Waals surface area contributed by atoms with Crippen molar-refractivity contribution in [2.45, 2.75) is 30.7 Å². The summed E-state index contributed by atoms with van der Waals surface area (Å²) in [7, 11) is 0. The summed E-state index contributed by atoms with van der Waals surface area (Å²) in [5.74, 6) is -4.97. The molecule has 0 unspecified atom stereocenters. The molecule has 5 nitrogen and oxygen atoms in total. The molecule has 1 atom stereocenters. The highest BCUT2D eigenvalue weighted by Gasteiger charge is 2.59. The molecule has 1 heterocycles. The van der Waals surface area contributed by atoms with E-state index in [1.807, 2.05) is 48.5 Å². The second kappa shape index (κ2) is 6.29. The Morgan fingerprint density at radius 2 is 1.64 bits per heavy atom. The van der Waals surface area contributed by atoms with Crippen molar-refractivity contribution in [1.82, 2.24) is 4.90 Å². The molecule has 0 saturated carbocycles. The number of aliphatic carboxylic acids is 1. The number of carboxylic acids is 1. The molecular weight excluding hydrogens is 368 g/mol. The number of likely N-dealkylation sites (tertiary alicyclic amines) is 1. The molecule has 0 aromatic heterocycles. The van der Waals surface area contributed by atoms with Crippen molar-refractivity contribution in [3.63, 3.8) is 0 Å². The third kappa shape index (κ3) is 2.82. The Morgan fingerprint density at radius 3 is 2.18 bits per heavy atom. The second-order valence-corrected chi connectivity index (χ2v) is 7.50. The Kier molecular flexibility index (Phi) is 4.14. The summed E-state index contributed by atoms with van der Waals surface area (Å²) in [6.45, 7) is 0.106. The molecule has 2 aliphatic rings. The van der Waals surface area contributed by atoms with Gasteiger partial charge in [-0.25, -0.2) is 18.4 Å². The summed E-state index contributed by atoms with van der Waals surface area (Å²) in [4.78, 5) is 24.7. The van der Waals surface area contributed by atoms with Crippen LogP contribution in [0.4, 0.5) is 13.6 Å². The van der Waals surface area contributed by atoms with Crippen LogP contribution in [0, 0.1) is 0 Å². The van der Waals surface area contributed by atoms with E-state index in [2.05, 4.69) is 0 Å². The molecule has 7 heteroatoms. The highest BCUT2D eigenvalue weighted by molar-refractivity contribution is 5.85. The molecule has 0 radical (unpaired) electrons. The minimum atomic E-state index is -3.27.